The second-order valence-corrected chi connectivity index (χ2v) is 5.75. The Kier molecular flexibility index (Phi) is 5.05. The maximum Gasteiger partial charge on any atom is 0.0297 e. The molecular weight excluding hydrogens is 268 g/mol. The lowest BCUT2D eigenvalue weighted by molar-refractivity contribution is 0.307. The lowest BCUT2D eigenvalue weighted by Crippen LogP contribution is -2.34. The van der Waals surface area contributed by atoms with Crippen LogP contribution in [0.3, 0.4) is 0 Å². The minimum Gasteiger partial charge on any atom is -0.401 e. The van der Waals surface area contributed by atoms with E-state index in [2.05, 4.69) is 43.5 Å². The zero-order valence-corrected chi connectivity index (χ0v) is 12.9. The van der Waals surface area contributed by atoms with Crippen LogP contribution < -0.4 is 11.5 Å². The normalized spacial score (nSPS) is 20.3. The van der Waals surface area contributed by atoms with Crippen LogP contribution in [0, 0.1) is 11.3 Å². The molecule has 1 aliphatic rings. The van der Waals surface area contributed by atoms with E-state index in [9.17, 15) is 0 Å². The first-order valence-corrected chi connectivity index (χ1v) is 7.52. The first-order chi connectivity index (χ1) is 10.6. The average molecular weight is 292 g/mol. The summed E-state index contributed by atoms with van der Waals surface area (Å²) in [7, 11) is 0. The average Bonchev–Trinajstić information content (AvgIpc) is 2.48. The molecule has 1 aromatic rings. The van der Waals surface area contributed by atoms with Gasteiger partial charge in [0.15, 0.2) is 0 Å². The van der Waals surface area contributed by atoms with Gasteiger partial charge < -0.3 is 11.5 Å². The van der Waals surface area contributed by atoms with Crippen molar-refractivity contribution in [1.29, 1.82) is 0 Å². The Bertz CT molecular complexity index is 610. The molecule has 1 aliphatic carbocycles. The Morgan fingerprint density at radius 1 is 1.05 bits per heavy atom. The van der Waals surface area contributed by atoms with Crippen LogP contribution in [-0.4, -0.2) is 0 Å². The van der Waals surface area contributed by atoms with Gasteiger partial charge in [0.2, 0.25) is 0 Å². The predicted octanol–water partition coefficient (Wildman–Crippen LogP) is 4.15. The second-order valence-electron chi connectivity index (χ2n) is 5.75. The molecule has 4 N–H and O–H groups in total. The molecular formula is C20H24N2. The standard InChI is InChI=1S/C20H24N2/c1-3-12-20(13-4-2)15-17(21)14-19(22)18(20)11-10-16-8-6-5-7-9-16/h3-11,14-15,18H,1-2,12-13,21-22H2. The highest BCUT2D eigenvalue weighted by atomic mass is 14.7. The van der Waals surface area contributed by atoms with Crippen LogP contribution in [0.15, 0.2) is 85.3 Å². The fourth-order valence-electron chi connectivity index (χ4n) is 3.14. The molecule has 0 saturated heterocycles. The molecule has 0 radical (unpaired) electrons. The molecule has 1 atom stereocenters. The van der Waals surface area contributed by atoms with Crippen LogP contribution in [-0.2, 0) is 0 Å². The van der Waals surface area contributed by atoms with Gasteiger partial charge in [-0.1, -0.05) is 60.7 Å². The van der Waals surface area contributed by atoms with Gasteiger partial charge in [-0.15, -0.1) is 13.2 Å². The molecule has 114 valence electrons. The van der Waals surface area contributed by atoms with Gasteiger partial charge in [-0.05, 0) is 24.5 Å². The predicted molar refractivity (Wildman–Crippen MR) is 95.6 cm³/mol. The van der Waals surface area contributed by atoms with Gasteiger partial charge in [0.1, 0.15) is 0 Å². The highest BCUT2D eigenvalue weighted by Gasteiger charge is 2.37. The molecule has 0 spiro atoms. The molecule has 0 amide bonds. The maximum atomic E-state index is 6.29. The number of nitrogens with two attached hydrogens (primary N) is 2. The van der Waals surface area contributed by atoms with Crippen molar-refractivity contribution in [1.82, 2.24) is 0 Å². The van der Waals surface area contributed by atoms with E-state index in [1.165, 1.54) is 0 Å². The number of hydrogen-bond donors (Lipinski definition) is 2. The van der Waals surface area contributed by atoms with Gasteiger partial charge in [0.05, 0.1) is 0 Å². The molecule has 0 bridgehead atoms. The van der Waals surface area contributed by atoms with Crippen molar-refractivity contribution in [3.05, 3.63) is 90.8 Å². The van der Waals surface area contributed by atoms with Gasteiger partial charge in [-0.3, -0.25) is 0 Å². The van der Waals surface area contributed by atoms with Crippen molar-refractivity contribution in [3.8, 4) is 0 Å². The van der Waals surface area contributed by atoms with Crippen molar-refractivity contribution in [2.45, 2.75) is 12.8 Å². The van der Waals surface area contributed by atoms with E-state index < -0.39 is 0 Å². The fourth-order valence-corrected chi connectivity index (χ4v) is 3.14. The summed E-state index contributed by atoms with van der Waals surface area (Å²) < 4.78 is 0. The van der Waals surface area contributed by atoms with Crippen molar-refractivity contribution >= 4 is 6.08 Å². The Morgan fingerprint density at radius 3 is 2.27 bits per heavy atom. The van der Waals surface area contributed by atoms with E-state index in [4.69, 9.17) is 11.5 Å². The Morgan fingerprint density at radius 2 is 1.68 bits per heavy atom. The summed E-state index contributed by atoms with van der Waals surface area (Å²) in [4.78, 5) is 0. The smallest absolute Gasteiger partial charge is 0.0297 e. The molecule has 22 heavy (non-hydrogen) atoms. The summed E-state index contributed by atoms with van der Waals surface area (Å²) in [5, 5.41) is 0. The van der Waals surface area contributed by atoms with Gasteiger partial charge in [-0.2, -0.15) is 0 Å². The van der Waals surface area contributed by atoms with E-state index in [-0.39, 0.29) is 11.3 Å². The third kappa shape index (κ3) is 3.40. The van der Waals surface area contributed by atoms with E-state index >= 15 is 0 Å². The lowest BCUT2D eigenvalue weighted by atomic mass is 9.66. The molecule has 1 aromatic carbocycles. The Hall–Kier alpha value is -2.48. The van der Waals surface area contributed by atoms with Crippen LogP contribution in [0.4, 0.5) is 0 Å². The Balaban J connectivity index is 2.39. The summed E-state index contributed by atoms with van der Waals surface area (Å²) in [6.07, 6.45) is 13.7. The summed E-state index contributed by atoms with van der Waals surface area (Å²) in [6.45, 7) is 7.79. The number of rotatable bonds is 6. The van der Waals surface area contributed by atoms with E-state index in [0.717, 1.165) is 24.1 Å². The third-order valence-electron chi connectivity index (χ3n) is 4.10. The molecule has 1 unspecified atom stereocenters. The van der Waals surface area contributed by atoms with E-state index in [1.807, 2.05) is 36.4 Å². The Labute approximate surface area is 133 Å². The highest BCUT2D eigenvalue weighted by Crippen LogP contribution is 2.44. The second kappa shape index (κ2) is 6.99. The molecule has 2 nitrogen and oxygen atoms in total. The van der Waals surface area contributed by atoms with Crippen LogP contribution in [0.1, 0.15) is 18.4 Å². The maximum absolute atomic E-state index is 6.29. The van der Waals surface area contributed by atoms with Crippen molar-refractivity contribution in [2.24, 2.45) is 22.8 Å². The molecule has 0 saturated carbocycles. The summed E-state index contributed by atoms with van der Waals surface area (Å²) in [5.41, 5.74) is 14.8. The molecule has 0 aliphatic heterocycles. The number of hydrogen-bond acceptors (Lipinski definition) is 2. The van der Waals surface area contributed by atoms with E-state index in [0.29, 0.717) is 5.70 Å². The van der Waals surface area contributed by atoms with Crippen molar-refractivity contribution in [2.75, 3.05) is 0 Å². The SMILES string of the molecule is C=CCC1(CC=C)C=C(N)C=C(N)C1C=Cc1ccccc1. The topological polar surface area (TPSA) is 52.0 Å². The summed E-state index contributed by atoms with van der Waals surface area (Å²) >= 11 is 0. The van der Waals surface area contributed by atoms with Gasteiger partial charge >= 0.3 is 0 Å². The van der Waals surface area contributed by atoms with Crippen LogP contribution >= 0.6 is 0 Å². The van der Waals surface area contributed by atoms with Crippen LogP contribution in [0.5, 0.6) is 0 Å². The minimum absolute atomic E-state index is 0.0796. The van der Waals surface area contributed by atoms with Crippen LogP contribution in [0.2, 0.25) is 0 Å². The molecule has 0 heterocycles. The minimum atomic E-state index is -0.183. The monoisotopic (exact) mass is 292 g/mol. The first-order valence-electron chi connectivity index (χ1n) is 7.52. The fraction of sp³-hybridized carbons (Fsp3) is 0.200. The lowest BCUT2D eigenvalue weighted by Gasteiger charge is -2.39. The highest BCUT2D eigenvalue weighted by molar-refractivity contribution is 5.51. The molecule has 0 aromatic heterocycles. The van der Waals surface area contributed by atoms with Gasteiger partial charge in [0, 0.05) is 22.7 Å². The zero-order valence-electron chi connectivity index (χ0n) is 12.9. The summed E-state index contributed by atoms with van der Waals surface area (Å²) in [5.74, 6) is 0.0796. The van der Waals surface area contributed by atoms with Crippen molar-refractivity contribution < 1.29 is 0 Å². The van der Waals surface area contributed by atoms with Gasteiger partial charge in [-0.25, -0.2) is 0 Å². The zero-order chi connectivity index (χ0) is 16.0. The first kappa shape index (κ1) is 15.9. The number of allylic oxidation sites excluding steroid dienone is 5. The van der Waals surface area contributed by atoms with Crippen molar-refractivity contribution in [3.63, 3.8) is 0 Å². The largest absolute Gasteiger partial charge is 0.401 e. The summed E-state index contributed by atoms with van der Waals surface area (Å²) in [6, 6.07) is 10.2. The van der Waals surface area contributed by atoms with Crippen LogP contribution in [0.25, 0.3) is 6.08 Å². The van der Waals surface area contributed by atoms with E-state index in [1.54, 1.807) is 0 Å². The quantitative estimate of drug-likeness (QED) is 0.774. The third-order valence-corrected chi connectivity index (χ3v) is 4.10. The van der Waals surface area contributed by atoms with Gasteiger partial charge in [0.25, 0.3) is 0 Å². The number of benzene rings is 1. The molecule has 2 heteroatoms. The molecule has 0 fully saturated rings. The molecule has 2 rings (SSSR count).